The first-order chi connectivity index (χ1) is 29.6. The van der Waals surface area contributed by atoms with Crippen LogP contribution in [0.1, 0.15) is 201 Å². The highest BCUT2D eigenvalue weighted by molar-refractivity contribution is 6.17. The molecule has 12 atom stereocenters. The number of methoxy groups -OCH3 is 2. The van der Waals surface area contributed by atoms with Gasteiger partial charge in [0.05, 0.1) is 43.5 Å². The zero-order valence-electron chi connectivity index (χ0n) is 44.7. The lowest BCUT2D eigenvalue weighted by Gasteiger charge is -2.66. The Kier molecular flexibility index (Phi) is 27.6. The summed E-state index contributed by atoms with van der Waals surface area (Å²) in [7, 11) is 10.2. The Morgan fingerprint density at radius 2 is 1.15 bits per heavy atom. The van der Waals surface area contributed by atoms with E-state index in [9.17, 15) is 10.2 Å². The second-order valence-electron chi connectivity index (χ2n) is 22.4. The summed E-state index contributed by atoms with van der Waals surface area (Å²) < 4.78 is 35.1. The van der Waals surface area contributed by atoms with Crippen LogP contribution in [0.4, 0.5) is 4.70 Å². The highest BCUT2D eigenvalue weighted by Gasteiger charge is 2.64. The van der Waals surface area contributed by atoms with Gasteiger partial charge < -0.3 is 38.6 Å². The van der Waals surface area contributed by atoms with Crippen molar-refractivity contribution in [2.75, 3.05) is 14.2 Å². The highest BCUT2D eigenvalue weighted by Crippen LogP contribution is 2.63. The molecule has 0 bridgehead atoms. The summed E-state index contributed by atoms with van der Waals surface area (Å²) in [4.78, 5) is 0. The largest absolute Gasteiger partial charge is 0.392 e. The van der Waals surface area contributed by atoms with Crippen molar-refractivity contribution < 1.29 is 43.3 Å². The molecule has 0 aromatic heterocycles. The van der Waals surface area contributed by atoms with Gasteiger partial charge >= 0.3 is 0 Å². The van der Waals surface area contributed by atoms with E-state index in [2.05, 4.69) is 75.1 Å². The number of halogens is 1. The van der Waals surface area contributed by atoms with Gasteiger partial charge in [-0.2, -0.15) is 0 Å². The van der Waals surface area contributed by atoms with Crippen molar-refractivity contribution in [2.45, 2.75) is 259 Å². The minimum atomic E-state index is -0.642. The van der Waals surface area contributed by atoms with Gasteiger partial charge in [0.15, 0.2) is 17.4 Å². The van der Waals surface area contributed by atoms with E-state index in [4.69, 9.17) is 36.3 Å². The number of hydrogen-bond acceptors (Lipinski definition) is 8. The SMILES string of the molecule is C.C=C[C@H](C)[C@@H]1OC(C)(C)O[C@H](C2CCCCC2)[C@H]1C.C=C[C@H](C)[C@H](O)[C@H](C)[C@H](O)C1CCCCC1.COC(C)(C)OC.F.[B]C1(C)C(C)(C2CCCCC2)OC(C)(C)OC1(C)[C@@H](C)C=C. The fraction of sp³-hybridized carbons (Fsp3) is 0.893. The number of aliphatic hydroxyl groups excluding tert-OH is 2. The molecule has 2 heterocycles. The Morgan fingerprint density at radius 1 is 0.682 bits per heavy atom. The molecule has 2 N–H and O–H groups in total. The van der Waals surface area contributed by atoms with Crippen LogP contribution in [0, 0.1) is 47.3 Å². The predicted molar refractivity (Wildman–Crippen MR) is 276 cm³/mol. The van der Waals surface area contributed by atoms with Crippen molar-refractivity contribution in [3.63, 3.8) is 0 Å². The number of ether oxygens (including phenoxy) is 6. The zero-order valence-corrected chi connectivity index (χ0v) is 44.7. The molecule has 5 aliphatic rings. The zero-order chi connectivity index (χ0) is 48.9. The van der Waals surface area contributed by atoms with E-state index in [0.29, 0.717) is 35.7 Å². The molecular weight excluding hydrogens is 830 g/mol. The highest BCUT2D eigenvalue weighted by atomic mass is 19.0. The van der Waals surface area contributed by atoms with Crippen LogP contribution in [0.2, 0.25) is 5.31 Å². The molecule has 388 valence electrons. The average Bonchev–Trinajstić information content (AvgIpc) is 3.28. The van der Waals surface area contributed by atoms with Crippen LogP contribution in [-0.2, 0) is 28.4 Å². The van der Waals surface area contributed by atoms with E-state index in [-0.39, 0.29) is 42.1 Å². The molecular formula is C56H106BFO8. The molecule has 8 nitrogen and oxygen atoms in total. The molecule has 0 aromatic rings. The summed E-state index contributed by atoms with van der Waals surface area (Å²) in [5.74, 6) is 1.03. The molecule has 0 amide bonds. The topological polar surface area (TPSA) is 95.8 Å². The van der Waals surface area contributed by atoms with Crippen molar-refractivity contribution in [2.24, 2.45) is 47.3 Å². The van der Waals surface area contributed by atoms with Crippen LogP contribution in [0.25, 0.3) is 0 Å². The minimum Gasteiger partial charge on any atom is -0.392 e. The van der Waals surface area contributed by atoms with Crippen molar-refractivity contribution in [1.29, 1.82) is 0 Å². The molecule has 2 radical (unpaired) electrons. The minimum absolute atomic E-state index is 0. The summed E-state index contributed by atoms with van der Waals surface area (Å²) >= 11 is 0. The molecule has 3 aliphatic carbocycles. The Hall–Kier alpha value is -1.11. The first-order valence-electron chi connectivity index (χ1n) is 25.5. The van der Waals surface area contributed by atoms with Gasteiger partial charge in [-0.15, -0.1) is 19.7 Å². The van der Waals surface area contributed by atoms with E-state index in [0.717, 1.165) is 12.8 Å². The molecule has 3 unspecified atom stereocenters. The predicted octanol–water partition coefficient (Wildman–Crippen LogP) is 14.1. The first kappa shape index (κ1) is 64.9. The van der Waals surface area contributed by atoms with Gasteiger partial charge in [0, 0.05) is 43.8 Å². The fourth-order valence-corrected chi connectivity index (χ4v) is 11.3. The van der Waals surface area contributed by atoms with Crippen molar-refractivity contribution in [1.82, 2.24) is 0 Å². The second-order valence-corrected chi connectivity index (χ2v) is 22.4. The third-order valence-corrected chi connectivity index (χ3v) is 16.6. The summed E-state index contributed by atoms with van der Waals surface area (Å²) in [6, 6.07) is 0. The normalized spacial score (nSPS) is 33.2. The van der Waals surface area contributed by atoms with E-state index >= 15 is 0 Å². The fourth-order valence-electron chi connectivity index (χ4n) is 11.3. The van der Waals surface area contributed by atoms with Crippen LogP contribution >= 0.6 is 0 Å². The monoisotopic (exact) mass is 937 g/mol. The molecule has 5 rings (SSSR count). The molecule has 10 heteroatoms. The van der Waals surface area contributed by atoms with Crippen LogP contribution in [-0.4, -0.2) is 85.3 Å². The van der Waals surface area contributed by atoms with Gasteiger partial charge in [-0.3, -0.25) is 4.70 Å². The molecule has 2 aliphatic heterocycles. The van der Waals surface area contributed by atoms with Gasteiger partial charge in [0.25, 0.3) is 0 Å². The Bertz CT molecular complexity index is 1360. The number of rotatable bonds is 13. The van der Waals surface area contributed by atoms with Crippen molar-refractivity contribution in [3.05, 3.63) is 38.0 Å². The van der Waals surface area contributed by atoms with Crippen LogP contribution < -0.4 is 0 Å². The lowest BCUT2D eigenvalue weighted by molar-refractivity contribution is -0.390. The molecule has 0 spiro atoms. The van der Waals surface area contributed by atoms with E-state index in [1.807, 2.05) is 53.7 Å². The Balaban J connectivity index is 0.000000890. The molecule has 0 aromatic carbocycles. The molecule has 2 saturated heterocycles. The summed E-state index contributed by atoms with van der Waals surface area (Å²) in [5, 5.41) is 19.7. The van der Waals surface area contributed by atoms with E-state index < -0.39 is 40.0 Å². The summed E-state index contributed by atoms with van der Waals surface area (Å²) in [5.41, 5.74) is -0.913. The number of hydrogen-bond donors (Lipinski definition) is 2. The standard InChI is InChI=1S/C19H33BO2.C17H30O2.C14H26O2.C5H12O2.CH4.FH/c1-8-14(2)17(5)19(7,20)18(6,22-16(3,4)21-17)15-12-10-9-11-13-15;1-6-12(2)15-13(3)16(19-17(4,5)18-15)14-10-8-7-9-11-14;1-4-10(2)13(15)11(3)14(16)12-8-6-5-7-9-12;1-5(2,6-3)7-4;;/h8,14-15H,1,9-13H2,2-7H3;6,12-16H,1,7-11H2,2-5H3;4,10-16H,1,5-9H2,2-3H3;1-4H3;1H4;1H/t14-,17?,18?,19?;12-,13-,15-,16-;10-,11-,13-,14-;;;/m000.../s1. The van der Waals surface area contributed by atoms with Crippen LogP contribution in [0.3, 0.4) is 0 Å². The van der Waals surface area contributed by atoms with Gasteiger partial charge in [-0.1, -0.05) is 125 Å². The van der Waals surface area contributed by atoms with Crippen LogP contribution in [0.5, 0.6) is 0 Å². The van der Waals surface area contributed by atoms with E-state index in [1.165, 1.54) is 83.5 Å². The number of aliphatic hydroxyl groups is 2. The quantitative estimate of drug-likeness (QED) is 0.107. The maximum Gasteiger partial charge on any atom is 0.164 e. The third-order valence-electron chi connectivity index (χ3n) is 16.6. The average molecular weight is 937 g/mol. The Labute approximate surface area is 408 Å². The molecule has 5 fully saturated rings. The maximum absolute atomic E-state index is 10.3. The molecule has 3 saturated carbocycles. The molecule has 66 heavy (non-hydrogen) atoms. The lowest BCUT2D eigenvalue weighted by atomic mass is 9.45. The van der Waals surface area contributed by atoms with Gasteiger partial charge in [-0.05, 0) is 117 Å². The van der Waals surface area contributed by atoms with Crippen molar-refractivity contribution >= 4 is 7.85 Å². The summed E-state index contributed by atoms with van der Waals surface area (Å²) in [6.45, 7) is 40.4. The lowest BCUT2D eigenvalue weighted by Crippen LogP contribution is -2.69. The third kappa shape index (κ3) is 17.0. The van der Waals surface area contributed by atoms with Gasteiger partial charge in [-0.25, -0.2) is 0 Å². The van der Waals surface area contributed by atoms with Gasteiger partial charge in [0.2, 0.25) is 0 Å². The van der Waals surface area contributed by atoms with Crippen LogP contribution in [0.15, 0.2) is 38.0 Å². The second kappa shape index (κ2) is 28.1. The van der Waals surface area contributed by atoms with E-state index in [1.54, 1.807) is 20.3 Å². The smallest absolute Gasteiger partial charge is 0.164 e. The Morgan fingerprint density at radius 3 is 1.58 bits per heavy atom. The van der Waals surface area contributed by atoms with Crippen molar-refractivity contribution in [3.8, 4) is 0 Å². The van der Waals surface area contributed by atoms with Gasteiger partial charge in [0.1, 0.15) is 0 Å². The summed E-state index contributed by atoms with van der Waals surface area (Å²) in [6.07, 6.45) is 24.4. The maximum atomic E-state index is 10.3. The first-order valence-corrected chi connectivity index (χ1v) is 25.5.